The highest BCUT2D eigenvalue weighted by Crippen LogP contribution is 2.22. The van der Waals surface area contributed by atoms with Gasteiger partial charge in [-0.1, -0.05) is 43.3 Å². The minimum atomic E-state index is -3.44. The molecule has 1 N–H and O–H groups in total. The Morgan fingerprint density at radius 2 is 1.68 bits per heavy atom. The van der Waals surface area contributed by atoms with Crippen molar-refractivity contribution in [1.29, 1.82) is 0 Å². The monoisotopic (exact) mass is 314 g/mol. The first-order valence-corrected chi connectivity index (χ1v) is 8.83. The number of aliphatic imine (C=N–C) groups is 1. The predicted molar refractivity (Wildman–Crippen MR) is 87.7 cm³/mol. The first-order chi connectivity index (χ1) is 10.6. The van der Waals surface area contributed by atoms with Crippen LogP contribution in [0.1, 0.15) is 23.6 Å². The number of benzene rings is 2. The van der Waals surface area contributed by atoms with Crippen LogP contribution in [-0.2, 0) is 22.9 Å². The molecule has 0 aromatic heterocycles. The summed E-state index contributed by atoms with van der Waals surface area (Å²) in [5.74, 6) is 0.445. The van der Waals surface area contributed by atoms with Crippen LogP contribution in [0.2, 0.25) is 0 Å². The van der Waals surface area contributed by atoms with Crippen LogP contribution in [0.25, 0.3) is 0 Å². The van der Waals surface area contributed by atoms with Crippen LogP contribution in [-0.4, -0.2) is 20.8 Å². The Labute approximate surface area is 131 Å². The Morgan fingerprint density at radius 1 is 1.00 bits per heavy atom. The number of aryl methyl sites for hydroxylation is 1. The van der Waals surface area contributed by atoms with E-state index in [1.54, 1.807) is 18.2 Å². The van der Waals surface area contributed by atoms with Crippen LogP contribution in [0.3, 0.4) is 0 Å². The average Bonchev–Trinajstić information content (AvgIpc) is 2.80. The summed E-state index contributed by atoms with van der Waals surface area (Å²) < 4.78 is 26.5. The zero-order chi connectivity index (χ0) is 15.6. The fourth-order valence-electron chi connectivity index (χ4n) is 2.49. The van der Waals surface area contributed by atoms with Gasteiger partial charge in [-0.15, -0.1) is 0 Å². The molecule has 114 valence electrons. The van der Waals surface area contributed by atoms with E-state index in [2.05, 4.69) is 40.9 Å². The molecule has 0 atom stereocenters. The Kier molecular flexibility index (Phi) is 3.98. The van der Waals surface area contributed by atoms with E-state index in [4.69, 9.17) is 0 Å². The summed E-state index contributed by atoms with van der Waals surface area (Å²) in [7, 11) is -3.44. The number of fused-ring (bicyclic) bond motifs is 1. The predicted octanol–water partition coefficient (Wildman–Crippen LogP) is 2.53. The molecule has 0 aliphatic carbocycles. The Bertz CT molecular complexity index is 809. The molecule has 0 amide bonds. The summed E-state index contributed by atoms with van der Waals surface area (Å²) in [5, 5.41) is 0. The van der Waals surface area contributed by atoms with E-state index >= 15 is 0 Å². The Hall–Kier alpha value is -2.14. The van der Waals surface area contributed by atoms with Crippen molar-refractivity contribution < 1.29 is 8.42 Å². The average molecular weight is 314 g/mol. The third-order valence-electron chi connectivity index (χ3n) is 3.76. The summed E-state index contributed by atoms with van der Waals surface area (Å²) in [6.07, 6.45) is 1.82. The SMILES string of the molecule is CCc1ccc(CCN=C2NS(=O)(=O)c3ccccc32)cc1. The summed E-state index contributed by atoms with van der Waals surface area (Å²) in [6.45, 7) is 2.68. The summed E-state index contributed by atoms with van der Waals surface area (Å²) >= 11 is 0. The Balaban J connectivity index is 1.74. The molecule has 0 unspecified atom stereocenters. The highest BCUT2D eigenvalue weighted by Gasteiger charge is 2.29. The van der Waals surface area contributed by atoms with Gasteiger partial charge in [0, 0.05) is 12.1 Å². The van der Waals surface area contributed by atoms with E-state index in [0.717, 1.165) is 12.8 Å². The van der Waals surface area contributed by atoms with Crippen molar-refractivity contribution in [3.63, 3.8) is 0 Å². The van der Waals surface area contributed by atoms with Crippen LogP contribution in [0, 0.1) is 0 Å². The van der Waals surface area contributed by atoms with Gasteiger partial charge < -0.3 is 0 Å². The fourth-order valence-corrected chi connectivity index (χ4v) is 3.74. The van der Waals surface area contributed by atoms with Crippen LogP contribution in [0.15, 0.2) is 58.4 Å². The number of nitrogens with one attached hydrogen (secondary N) is 1. The van der Waals surface area contributed by atoms with E-state index in [1.165, 1.54) is 11.1 Å². The molecule has 5 heteroatoms. The van der Waals surface area contributed by atoms with E-state index in [1.807, 2.05) is 6.07 Å². The van der Waals surface area contributed by atoms with Crippen molar-refractivity contribution >= 4 is 15.9 Å². The molecule has 0 bridgehead atoms. The van der Waals surface area contributed by atoms with Crippen molar-refractivity contribution in [2.24, 2.45) is 4.99 Å². The number of hydrogen-bond acceptors (Lipinski definition) is 3. The van der Waals surface area contributed by atoms with Crippen molar-refractivity contribution in [2.75, 3.05) is 6.54 Å². The number of hydrogen-bond donors (Lipinski definition) is 1. The molecule has 0 fully saturated rings. The minimum absolute atomic E-state index is 0.307. The van der Waals surface area contributed by atoms with Crippen LogP contribution in [0.4, 0.5) is 0 Å². The standard InChI is InChI=1S/C17H18N2O2S/c1-2-13-7-9-14(10-8-13)11-12-18-17-15-5-3-4-6-16(15)22(20,21)19-17/h3-10H,2,11-12H2,1H3,(H,18,19). The molecule has 2 aromatic carbocycles. The molecular formula is C17H18N2O2S. The van der Waals surface area contributed by atoms with E-state index in [-0.39, 0.29) is 0 Å². The lowest BCUT2D eigenvalue weighted by atomic mass is 10.1. The molecule has 1 heterocycles. The third-order valence-corrected chi connectivity index (χ3v) is 5.16. The fraction of sp³-hybridized carbons (Fsp3) is 0.235. The maximum Gasteiger partial charge on any atom is 0.263 e. The number of sulfonamides is 1. The molecule has 1 aliphatic rings. The van der Waals surface area contributed by atoms with Gasteiger partial charge in [0.2, 0.25) is 0 Å². The largest absolute Gasteiger partial charge is 0.267 e. The lowest BCUT2D eigenvalue weighted by Crippen LogP contribution is -2.22. The molecule has 0 radical (unpaired) electrons. The van der Waals surface area contributed by atoms with Gasteiger partial charge in [-0.3, -0.25) is 9.71 Å². The van der Waals surface area contributed by atoms with E-state index < -0.39 is 10.0 Å². The summed E-state index contributed by atoms with van der Waals surface area (Å²) in [4.78, 5) is 4.73. The normalized spacial score (nSPS) is 17.2. The molecule has 0 saturated heterocycles. The van der Waals surface area contributed by atoms with Gasteiger partial charge in [0.1, 0.15) is 5.84 Å². The number of amidine groups is 1. The lowest BCUT2D eigenvalue weighted by Gasteiger charge is -2.02. The second-order valence-corrected chi connectivity index (χ2v) is 6.90. The van der Waals surface area contributed by atoms with E-state index in [0.29, 0.717) is 22.8 Å². The van der Waals surface area contributed by atoms with Gasteiger partial charge in [0.05, 0.1) is 4.90 Å². The Morgan fingerprint density at radius 3 is 2.41 bits per heavy atom. The van der Waals surface area contributed by atoms with Gasteiger partial charge in [-0.2, -0.15) is 0 Å². The number of rotatable bonds is 4. The van der Waals surface area contributed by atoms with Crippen LogP contribution < -0.4 is 4.72 Å². The first kappa shape index (κ1) is 14.8. The summed E-state index contributed by atoms with van der Waals surface area (Å²) in [5.41, 5.74) is 3.17. The van der Waals surface area contributed by atoms with Gasteiger partial charge >= 0.3 is 0 Å². The van der Waals surface area contributed by atoms with Gasteiger partial charge in [-0.25, -0.2) is 8.42 Å². The summed E-state index contributed by atoms with van der Waals surface area (Å²) in [6, 6.07) is 15.4. The second kappa shape index (κ2) is 5.93. The smallest absolute Gasteiger partial charge is 0.263 e. The topological polar surface area (TPSA) is 58.5 Å². The molecule has 1 aliphatic heterocycles. The minimum Gasteiger partial charge on any atom is -0.267 e. The maximum absolute atomic E-state index is 12.0. The van der Waals surface area contributed by atoms with Crippen LogP contribution >= 0.6 is 0 Å². The zero-order valence-corrected chi connectivity index (χ0v) is 13.2. The third kappa shape index (κ3) is 2.90. The van der Waals surface area contributed by atoms with Crippen molar-refractivity contribution in [1.82, 2.24) is 4.72 Å². The van der Waals surface area contributed by atoms with Gasteiger partial charge in [0.25, 0.3) is 10.0 Å². The first-order valence-electron chi connectivity index (χ1n) is 7.34. The molecule has 22 heavy (non-hydrogen) atoms. The van der Waals surface area contributed by atoms with Crippen molar-refractivity contribution in [3.05, 3.63) is 65.2 Å². The van der Waals surface area contributed by atoms with Crippen LogP contribution in [0.5, 0.6) is 0 Å². The quantitative estimate of drug-likeness (QED) is 0.943. The zero-order valence-electron chi connectivity index (χ0n) is 12.4. The molecule has 4 nitrogen and oxygen atoms in total. The van der Waals surface area contributed by atoms with E-state index in [9.17, 15) is 8.42 Å². The van der Waals surface area contributed by atoms with Crippen molar-refractivity contribution in [3.8, 4) is 0 Å². The number of nitrogens with zero attached hydrogens (tertiary/aromatic N) is 1. The maximum atomic E-state index is 12.0. The van der Waals surface area contributed by atoms with Crippen molar-refractivity contribution in [2.45, 2.75) is 24.7 Å². The van der Waals surface area contributed by atoms with Gasteiger partial charge in [0.15, 0.2) is 0 Å². The highest BCUT2D eigenvalue weighted by molar-refractivity contribution is 7.90. The molecular weight excluding hydrogens is 296 g/mol. The highest BCUT2D eigenvalue weighted by atomic mass is 32.2. The van der Waals surface area contributed by atoms with Gasteiger partial charge in [-0.05, 0) is 36.1 Å². The molecule has 0 spiro atoms. The lowest BCUT2D eigenvalue weighted by molar-refractivity contribution is 0.595. The molecule has 2 aromatic rings. The molecule has 0 saturated carbocycles. The second-order valence-electron chi connectivity index (χ2n) is 5.25. The molecule has 3 rings (SSSR count).